The van der Waals surface area contributed by atoms with Crippen LogP contribution in [0, 0.1) is 11.8 Å². The molecule has 2 nitrogen and oxygen atoms in total. The molecule has 0 N–H and O–H groups in total. The highest BCUT2D eigenvalue weighted by Crippen LogP contribution is 2.34. The predicted molar refractivity (Wildman–Crippen MR) is 63.3 cm³/mol. The summed E-state index contributed by atoms with van der Waals surface area (Å²) in [6.07, 6.45) is 6.86. The van der Waals surface area contributed by atoms with E-state index in [1.54, 1.807) is 0 Å². The van der Waals surface area contributed by atoms with E-state index < -0.39 is 0 Å². The zero-order chi connectivity index (χ0) is 10.4. The summed E-state index contributed by atoms with van der Waals surface area (Å²) in [4.78, 5) is 8.13. The second-order valence-electron chi connectivity index (χ2n) is 4.33. The minimum absolute atomic E-state index is 0.829. The monoisotopic (exact) mass is 194 g/mol. The van der Waals surface area contributed by atoms with Crippen LogP contribution in [0.25, 0.3) is 0 Å². The number of hydrogen-bond acceptors (Lipinski definition) is 1. The van der Waals surface area contributed by atoms with Gasteiger partial charge in [0.25, 0.3) is 0 Å². The van der Waals surface area contributed by atoms with Crippen LogP contribution in [0.4, 0.5) is 0 Å². The Morgan fingerprint density at radius 3 is 2.64 bits per heavy atom. The molecule has 1 aliphatic carbocycles. The second kappa shape index (κ2) is 5.94. The molecule has 0 aromatic carbocycles. The fraction of sp³-hybridized carbons (Fsp3) is 0.833. The van der Waals surface area contributed by atoms with E-state index in [4.69, 9.17) is 0 Å². The molecule has 1 saturated carbocycles. The Labute approximate surface area is 87.5 Å². The van der Waals surface area contributed by atoms with E-state index in [-0.39, 0.29) is 0 Å². The second-order valence-corrected chi connectivity index (χ2v) is 4.33. The summed E-state index contributed by atoms with van der Waals surface area (Å²) in [7, 11) is 0. The topological polar surface area (TPSA) is 24.7 Å². The van der Waals surface area contributed by atoms with E-state index in [9.17, 15) is 0 Å². The van der Waals surface area contributed by atoms with Crippen LogP contribution < -0.4 is 0 Å². The molecule has 0 heterocycles. The zero-order valence-corrected chi connectivity index (χ0v) is 9.50. The summed E-state index contributed by atoms with van der Waals surface area (Å²) in [5, 5.41) is 0. The SMILES string of the molecule is C=N/C(C)=N\CCC1CCC(CC)C1. The van der Waals surface area contributed by atoms with E-state index >= 15 is 0 Å². The molecular formula is C12H22N2. The van der Waals surface area contributed by atoms with Crippen molar-refractivity contribution in [2.45, 2.75) is 46.0 Å². The van der Waals surface area contributed by atoms with Gasteiger partial charge in [-0.05, 0) is 38.3 Å². The van der Waals surface area contributed by atoms with Crippen LogP contribution in [-0.2, 0) is 0 Å². The molecule has 0 spiro atoms. The van der Waals surface area contributed by atoms with Crippen molar-refractivity contribution in [3.05, 3.63) is 0 Å². The minimum atomic E-state index is 0.829. The Balaban J connectivity index is 2.17. The molecule has 0 saturated heterocycles. The summed E-state index contributed by atoms with van der Waals surface area (Å²) in [5.41, 5.74) is 0. The van der Waals surface area contributed by atoms with Gasteiger partial charge >= 0.3 is 0 Å². The molecule has 2 heteroatoms. The summed E-state index contributed by atoms with van der Waals surface area (Å²) in [6, 6.07) is 0. The van der Waals surface area contributed by atoms with Crippen molar-refractivity contribution in [2.24, 2.45) is 21.8 Å². The van der Waals surface area contributed by atoms with E-state index in [1.807, 2.05) is 6.92 Å². The van der Waals surface area contributed by atoms with Gasteiger partial charge in [-0.2, -0.15) is 0 Å². The third-order valence-corrected chi connectivity index (χ3v) is 3.33. The summed E-state index contributed by atoms with van der Waals surface area (Å²) in [5.74, 6) is 2.74. The van der Waals surface area contributed by atoms with Crippen LogP contribution in [0.3, 0.4) is 0 Å². The fourth-order valence-electron chi connectivity index (χ4n) is 2.27. The minimum Gasteiger partial charge on any atom is -0.271 e. The first-order chi connectivity index (χ1) is 6.76. The smallest absolute Gasteiger partial charge is 0.119 e. The van der Waals surface area contributed by atoms with Crippen LogP contribution in [0.1, 0.15) is 46.0 Å². The summed E-state index contributed by atoms with van der Waals surface area (Å²) >= 11 is 0. The van der Waals surface area contributed by atoms with Crippen molar-refractivity contribution in [1.29, 1.82) is 0 Å². The summed E-state index contributed by atoms with van der Waals surface area (Å²) < 4.78 is 0. The van der Waals surface area contributed by atoms with Gasteiger partial charge in [0.2, 0.25) is 0 Å². The Hall–Kier alpha value is -0.660. The van der Waals surface area contributed by atoms with Gasteiger partial charge in [0, 0.05) is 6.54 Å². The Morgan fingerprint density at radius 2 is 2.07 bits per heavy atom. The molecule has 1 fully saturated rings. The van der Waals surface area contributed by atoms with Gasteiger partial charge in [-0.1, -0.05) is 26.2 Å². The highest BCUT2D eigenvalue weighted by molar-refractivity contribution is 5.83. The zero-order valence-electron chi connectivity index (χ0n) is 9.50. The van der Waals surface area contributed by atoms with Gasteiger partial charge in [-0.3, -0.25) is 4.99 Å². The highest BCUT2D eigenvalue weighted by Gasteiger charge is 2.22. The first-order valence-corrected chi connectivity index (χ1v) is 5.74. The number of hydrogen-bond donors (Lipinski definition) is 0. The van der Waals surface area contributed by atoms with E-state index in [0.29, 0.717) is 0 Å². The maximum atomic E-state index is 4.34. The van der Waals surface area contributed by atoms with Crippen molar-refractivity contribution < 1.29 is 0 Å². The molecule has 80 valence electrons. The molecule has 1 rings (SSSR count). The molecule has 14 heavy (non-hydrogen) atoms. The van der Waals surface area contributed by atoms with Crippen LogP contribution in [-0.4, -0.2) is 19.1 Å². The van der Waals surface area contributed by atoms with Gasteiger partial charge in [-0.15, -0.1) is 0 Å². The van der Waals surface area contributed by atoms with Crippen LogP contribution in [0.5, 0.6) is 0 Å². The van der Waals surface area contributed by atoms with Crippen LogP contribution in [0.15, 0.2) is 9.98 Å². The quantitative estimate of drug-likeness (QED) is 0.484. The fourth-order valence-corrected chi connectivity index (χ4v) is 2.27. The van der Waals surface area contributed by atoms with Crippen molar-refractivity contribution in [3.63, 3.8) is 0 Å². The summed E-state index contributed by atoms with van der Waals surface area (Å²) in [6.45, 7) is 8.61. The van der Waals surface area contributed by atoms with Crippen molar-refractivity contribution in [2.75, 3.05) is 6.54 Å². The molecule has 0 amide bonds. The lowest BCUT2D eigenvalue weighted by Crippen LogP contribution is -1.99. The normalized spacial score (nSPS) is 28.0. The molecule has 0 bridgehead atoms. The number of rotatable bonds is 4. The van der Waals surface area contributed by atoms with E-state index in [2.05, 4.69) is 23.6 Å². The standard InChI is InChI=1S/C12H22N2/c1-4-11-5-6-12(9-11)7-8-14-10(2)13-3/h11-12H,3-9H2,1-2H3/b14-10-. The van der Waals surface area contributed by atoms with Gasteiger partial charge in [-0.25, -0.2) is 4.99 Å². The van der Waals surface area contributed by atoms with Crippen LogP contribution in [0.2, 0.25) is 0 Å². The Bertz CT molecular complexity index is 208. The predicted octanol–water partition coefficient (Wildman–Crippen LogP) is 3.32. The average Bonchev–Trinajstić information content (AvgIpc) is 2.65. The molecule has 2 atom stereocenters. The van der Waals surface area contributed by atoms with Crippen molar-refractivity contribution >= 4 is 12.6 Å². The van der Waals surface area contributed by atoms with Crippen molar-refractivity contribution in [3.8, 4) is 0 Å². The molecule has 0 aromatic heterocycles. The molecule has 0 aromatic rings. The van der Waals surface area contributed by atoms with Gasteiger partial charge in [0.1, 0.15) is 5.84 Å². The van der Waals surface area contributed by atoms with Gasteiger partial charge < -0.3 is 0 Å². The number of amidine groups is 1. The first kappa shape index (κ1) is 11.4. The van der Waals surface area contributed by atoms with E-state index in [0.717, 1.165) is 24.2 Å². The Morgan fingerprint density at radius 1 is 1.36 bits per heavy atom. The molecular weight excluding hydrogens is 172 g/mol. The molecule has 0 radical (unpaired) electrons. The maximum Gasteiger partial charge on any atom is 0.119 e. The molecule has 0 aliphatic heterocycles. The van der Waals surface area contributed by atoms with Gasteiger partial charge in [0.15, 0.2) is 0 Å². The van der Waals surface area contributed by atoms with Crippen LogP contribution >= 0.6 is 0 Å². The maximum absolute atomic E-state index is 4.34. The molecule has 2 unspecified atom stereocenters. The Kier molecular flexibility index (Phi) is 4.85. The number of aliphatic imine (C=N–C) groups is 2. The largest absolute Gasteiger partial charge is 0.271 e. The van der Waals surface area contributed by atoms with Crippen molar-refractivity contribution in [1.82, 2.24) is 0 Å². The van der Waals surface area contributed by atoms with Gasteiger partial charge in [0.05, 0.1) is 0 Å². The highest BCUT2D eigenvalue weighted by atomic mass is 14.9. The first-order valence-electron chi connectivity index (χ1n) is 5.74. The number of nitrogens with zero attached hydrogens (tertiary/aromatic N) is 2. The lowest BCUT2D eigenvalue weighted by Gasteiger charge is -2.07. The molecule has 1 aliphatic rings. The lowest BCUT2D eigenvalue weighted by atomic mass is 10.0. The van der Waals surface area contributed by atoms with E-state index in [1.165, 1.54) is 32.1 Å². The lowest BCUT2D eigenvalue weighted by molar-refractivity contribution is 0.462. The third-order valence-electron chi connectivity index (χ3n) is 3.33. The third kappa shape index (κ3) is 3.60. The average molecular weight is 194 g/mol.